The van der Waals surface area contributed by atoms with E-state index < -0.39 is 101 Å². The number of halogens is 13. The molecule has 0 aliphatic carbocycles. The van der Waals surface area contributed by atoms with Crippen LogP contribution in [0.25, 0.3) is 20.9 Å². The summed E-state index contributed by atoms with van der Waals surface area (Å²) >= 11 is 7.65. The Morgan fingerprint density at radius 3 is 1.51 bits per heavy atom. The number of hydrogen-bond donors (Lipinski definition) is 0. The number of hydrogen-bond acceptors (Lipinski definition) is 2. The molecule has 0 amide bonds. The van der Waals surface area contributed by atoms with E-state index in [1.165, 1.54) is 28.1 Å². The summed E-state index contributed by atoms with van der Waals surface area (Å²) in [6, 6.07) is 7.27. The van der Waals surface area contributed by atoms with E-state index in [-0.39, 0.29) is 0 Å². The Morgan fingerprint density at radius 2 is 0.922 bits per heavy atom. The van der Waals surface area contributed by atoms with Crippen LogP contribution in [-0.2, 0) is 6.42 Å². The van der Waals surface area contributed by atoms with Crippen LogP contribution in [0.3, 0.4) is 0 Å². The maximum atomic E-state index is 15.2. The van der Waals surface area contributed by atoms with Crippen molar-refractivity contribution in [2.45, 2.75) is 39.0 Å². The molecule has 0 saturated carbocycles. The van der Waals surface area contributed by atoms with Gasteiger partial charge in [-0.15, -0.1) is 22.7 Å². The largest absolute Gasteiger partial charge is 0.204 e. The molecule has 0 bridgehead atoms. The van der Waals surface area contributed by atoms with Crippen LogP contribution in [0.4, 0.5) is 48.3 Å². The van der Waals surface area contributed by atoms with Crippen molar-refractivity contribution in [2.24, 2.45) is 0 Å². The molecule has 0 unspecified atom stereocenters. The summed E-state index contributed by atoms with van der Waals surface area (Å²) in [7, 11) is 0. The fourth-order valence-corrected chi connectivity index (χ4v) is 7.91. The van der Waals surface area contributed by atoms with Gasteiger partial charge < -0.3 is 0 Å². The highest BCUT2D eigenvalue weighted by atomic mass is 79.9. The molecular weight excluding hydrogens is 865 g/mol. The molecule has 0 N–H and O–H groups in total. The van der Waals surface area contributed by atoms with Gasteiger partial charge in [-0.1, -0.05) is 49.9 Å². The van der Waals surface area contributed by atoms with E-state index in [0.29, 0.717) is 4.88 Å². The Kier molecular flexibility index (Phi) is 12.1. The average Bonchev–Trinajstić information content (AvgIpc) is 3.79. The third-order valence-corrected chi connectivity index (χ3v) is 11.2. The van der Waals surface area contributed by atoms with Gasteiger partial charge in [-0.3, -0.25) is 0 Å². The van der Waals surface area contributed by atoms with E-state index in [9.17, 15) is 35.1 Å². The Labute approximate surface area is 308 Å². The zero-order chi connectivity index (χ0) is 37.3. The van der Waals surface area contributed by atoms with E-state index in [0.717, 1.165) is 41.9 Å². The van der Waals surface area contributed by atoms with Crippen LogP contribution in [0.2, 0.25) is 0 Å². The summed E-state index contributed by atoms with van der Waals surface area (Å²) in [5, 5.41) is 0. The van der Waals surface area contributed by atoms with Gasteiger partial charge in [0, 0.05) is 25.8 Å². The Bertz CT molecular complexity index is 2230. The number of thiophene rings is 2. The molecule has 0 fully saturated rings. The van der Waals surface area contributed by atoms with Gasteiger partial charge in [0.25, 0.3) is 0 Å². The molecule has 0 aliphatic rings. The van der Waals surface area contributed by atoms with Crippen molar-refractivity contribution in [1.82, 2.24) is 0 Å². The lowest BCUT2D eigenvalue weighted by Crippen LogP contribution is -2.07. The highest BCUT2D eigenvalue weighted by molar-refractivity contribution is 9.11. The van der Waals surface area contributed by atoms with Crippen LogP contribution in [-0.4, -0.2) is 0 Å². The molecule has 0 saturated heterocycles. The van der Waals surface area contributed by atoms with Crippen molar-refractivity contribution >= 4 is 54.5 Å². The van der Waals surface area contributed by atoms with Crippen molar-refractivity contribution < 1.29 is 48.3 Å². The summed E-state index contributed by atoms with van der Waals surface area (Å²) in [5.74, 6) is -15.8. The van der Waals surface area contributed by atoms with Gasteiger partial charge in [0.2, 0.25) is 0 Å². The molecule has 15 heteroatoms. The molecule has 0 spiro atoms. The van der Waals surface area contributed by atoms with E-state index in [4.69, 9.17) is 0 Å². The molecule has 2 aromatic heterocycles. The molecule has 0 aliphatic heterocycles. The third kappa shape index (κ3) is 7.49. The molecule has 0 radical (unpaired) electrons. The van der Waals surface area contributed by atoms with Gasteiger partial charge in [0.1, 0.15) is 16.7 Å². The molecule has 2 heterocycles. The Morgan fingerprint density at radius 1 is 0.471 bits per heavy atom. The third-order valence-electron chi connectivity index (χ3n) is 7.40. The minimum Gasteiger partial charge on any atom is -0.204 e. The molecule has 264 valence electrons. The van der Waals surface area contributed by atoms with E-state index in [1.807, 2.05) is 12.1 Å². The molecule has 3 aromatic carbocycles. The first-order valence-corrected chi connectivity index (χ1v) is 17.9. The van der Waals surface area contributed by atoms with Gasteiger partial charge in [-0.25, -0.2) is 48.3 Å². The number of unbranched alkanes of at least 4 members (excludes halogenated alkanes) is 3. The Balaban J connectivity index is 1.47. The van der Waals surface area contributed by atoms with E-state index in [2.05, 4.69) is 50.6 Å². The van der Waals surface area contributed by atoms with Crippen molar-refractivity contribution in [2.75, 3.05) is 0 Å². The SMILES string of the molecule is CCCCCCc1ccc(-c2ccc(C#Cc3c(F)c(F)c(C#Cc4c(F)c(F)c(-c5c(F)c(F)c(F)c(F)c5Br)c(Br)c4F)c(F)c3F)s2)s1. The van der Waals surface area contributed by atoms with E-state index in [1.54, 1.807) is 23.5 Å². The summed E-state index contributed by atoms with van der Waals surface area (Å²) in [6.45, 7) is 2.13. The van der Waals surface area contributed by atoms with E-state index >= 15 is 13.2 Å². The second-order valence-corrected chi connectivity index (χ2v) is 14.5. The number of aryl methyl sites for hydroxylation is 1. The van der Waals surface area contributed by atoms with Crippen molar-refractivity contribution in [3.63, 3.8) is 0 Å². The van der Waals surface area contributed by atoms with Crippen molar-refractivity contribution in [1.29, 1.82) is 0 Å². The zero-order valence-corrected chi connectivity index (χ0v) is 30.4. The number of benzene rings is 3. The highest BCUT2D eigenvalue weighted by Gasteiger charge is 2.32. The fourth-order valence-electron chi connectivity index (χ4n) is 4.79. The molecule has 0 nitrogen and oxygen atoms in total. The van der Waals surface area contributed by atoms with Gasteiger partial charge >= 0.3 is 0 Å². The fraction of sp³-hybridized carbons (Fsp3) is 0.167. The molecule has 5 aromatic rings. The first kappa shape index (κ1) is 38.6. The van der Waals surface area contributed by atoms with Crippen LogP contribution in [0, 0.1) is 87.7 Å². The monoisotopic (exact) mass is 880 g/mol. The first-order chi connectivity index (χ1) is 24.2. The minimum atomic E-state index is -2.43. The zero-order valence-electron chi connectivity index (χ0n) is 25.6. The quantitative estimate of drug-likeness (QED) is 0.0502. The Hall–Kier alpha value is -3.63. The number of rotatable bonds is 7. The van der Waals surface area contributed by atoms with Crippen molar-refractivity contribution in [3.05, 3.63) is 124 Å². The lowest BCUT2D eigenvalue weighted by Gasteiger charge is -2.14. The second kappa shape index (κ2) is 15.9. The van der Waals surface area contributed by atoms with Gasteiger partial charge in [-0.2, -0.15) is 0 Å². The van der Waals surface area contributed by atoms with Crippen LogP contribution in [0.15, 0.2) is 33.2 Å². The summed E-state index contributed by atoms with van der Waals surface area (Å²) in [5.41, 5.74) is -7.41. The smallest absolute Gasteiger partial charge is 0.198 e. The minimum absolute atomic E-state index is 0.325. The second-order valence-electron chi connectivity index (χ2n) is 10.7. The van der Waals surface area contributed by atoms with Crippen LogP contribution < -0.4 is 0 Å². The summed E-state index contributed by atoms with van der Waals surface area (Å²) in [6.07, 6.45) is 5.41. The predicted molar refractivity (Wildman–Crippen MR) is 181 cm³/mol. The lowest BCUT2D eigenvalue weighted by molar-refractivity contribution is 0.407. The standard InChI is InChI=1S/C36H17Br2F11S2/c1-2-3-4-5-6-15-8-13-20(50-15)21-14-9-16(51-21)7-10-18-27(40)29(42)19(30(43)28(18)41)12-11-17-26(39)24(37)22(32(45)31(17)44)23-25(38)34(47)36(49)35(48)33(23)46/h8-9,13-14H,2-6H2,1H3. The van der Waals surface area contributed by atoms with Crippen LogP contribution in [0.5, 0.6) is 0 Å². The van der Waals surface area contributed by atoms with Crippen LogP contribution >= 0.6 is 54.5 Å². The molecule has 0 atom stereocenters. The summed E-state index contributed by atoms with van der Waals surface area (Å²) < 4.78 is 159. The van der Waals surface area contributed by atoms with Gasteiger partial charge in [-0.05, 0) is 69.0 Å². The molecule has 5 rings (SSSR count). The molecular formula is C36H17Br2F11S2. The maximum absolute atomic E-state index is 15.2. The van der Waals surface area contributed by atoms with Gasteiger partial charge in [0.05, 0.1) is 13.8 Å². The average molecular weight is 882 g/mol. The van der Waals surface area contributed by atoms with Crippen LogP contribution in [0.1, 0.15) is 59.1 Å². The first-order valence-electron chi connectivity index (χ1n) is 14.7. The highest BCUT2D eigenvalue weighted by Crippen LogP contribution is 2.43. The molecule has 51 heavy (non-hydrogen) atoms. The van der Waals surface area contributed by atoms with Gasteiger partial charge in [0.15, 0.2) is 64.0 Å². The maximum Gasteiger partial charge on any atom is 0.198 e. The predicted octanol–water partition coefficient (Wildman–Crippen LogP) is 13.1. The topological polar surface area (TPSA) is 0 Å². The normalized spacial score (nSPS) is 11.0. The van der Waals surface area contributed by atoms with Crippen molar-refractivity contribution in [3.8, 4) is 44.6 Å². The lowest BCUT2D eigenvalue weighted by atomic mass is 10.00. The summed E-state index contributed by atoms with van der Waals surface area (Å²) in [4.78, 5) is 3.29.